The Morgan fingerprint density at radius 1 is 1.20 bits per heavy atom. The number of ether oxygens (including phenoxy) is 1. The molecule has 1 amide bonds. The Hall–Kier alpha value is -2.83. The zero-order chi connectivity index (χ0) is 25.3. The fraction of sp³-hybridized carbons (Fsp3) is 0.269. The molecule has 0 atom stereocenters. The molecule has 0 fully saturated rings. The number of carbonyl (C=O) groups is 1. The second-order valence-electron chi connectivity index (χ2n) is 7.76. The van der Waals surface area contributed by atoms with Gasteiger partial charge in [-0.05, 0) is 60.2 Å². The molecule has 1 aromatic heterocycles. The molecule has 0 aliphatic heterocycles. The Morgan fingerprint density at radius 2 is 1.97 bits per heavy atom. The monoisotopic (exact) mass is 530 g/mol. The summed E-state index contributed by atoms with van der Waals surface area (Å²) in [5.74, 6) is 2.86. The average molecular weight is 531 g/mol. The van der Waals surface area contributed by atoms with Crippen LogP contribution >= 0.6 is 22.9 Å². The second kappa shape index (κ2) is 12.8. The van der Waals surface area contributed by atoms with Gasteiger partial charge in [0.2, 0.25) is 10.0 Å². The highest BCUT2D eigenvalue weighted by Crippen LogP contribution is 2.26. The van der Waals surface area contributed by atoms with Crippen LogP contribution in [0.4, 0.5) is 0 Å². The van der Waals surface area contributed by atoms with Crippen LogP contribution in [0.2, 0.25) is 5.02 Å². The molecule has 3 rings (SSSR count). The Bertz CT molecular complexity index is 1270. The van der Waals surface area contributed by atoms with Crippen LogP contribution in [0, 0.1) is 12.3 Å². The summed E-state index contributed by atoms with van der Waals surface area (Å²) in [4.78, 5) is 15.2. The van der Waals surface area contributed by atoms with Crippen LogP contribution in [0.15, 0.2) is 64.2 Å². The Labute approximate surface area is 215 Å². The number of halogens is 1. The summed E-state index contributed by atoms with van der Waals surface area (Å²) >= 11 is 7.71. The lowest BCUT2D eigenvalue weighted by atomic mass is 10.1. The van der Waals surface area contributed by atoms with Gasteiger partial charge in [0.15, 0.2) is 0 Å². The van der Waals surface area contributed by atoms with Gasteiger partial charge >= 0.3 is 0 Å². The van der Waals surface area contributed by atoms with E-state index in [0.29, 0.717) is 42.5 Å². The van der Waals surface area contributed by atoms with Crippen molar-refractivity contribution in [3.63, 3.8) is 0 Å². The van der Waals surface area contributed by atoms with E-state index in [1.54, 1.807) is 29.2 Å². The van der Waals surface area contributed by atoms with E-state index in [2.05, 4.69) is 10.6 Å². The smallest absolute Gasteiger partial charge is 0.255 e. The predicted octanol–water partition coefficient (Wildman–Crippen LogP) is 4.99. The van der Waals surface area contributed by atoms with Crippen molar-refractivity contribution in [3.8, 4) is 18.1 Å². The summed E-state index contributed by atoms with van der Waals surface area (Å²) < 4.78 is 32.7. The van der Waals surface area contributed by atoms with Crippen molar-refractivity contribution in [1.29, 1.82) is 0 Å². The Kier molecular flexibility index (Phi) is 9.75. The molecule has 0 radical (unpaired) electrons. The number of terminal acetylenes is 1. The third-order valence-electron chi connectivity index (χ3n) is 5.17. The fourth-order valence-corrected chi connectivity index (χ4v) is 5.13. The molecule has 3 aromatic rings. The van der Waals surface area contributed by atoms with Crippen molar-refractivity contribution in [2.75, 3.05) is 19.7 Å². The lowest BCUT2D eigenvalue weighted by Crippen LogP contribution is -2.32. The maximum absolute atomic E-state index is 13.3. The van der Waals surface area contributed by atoms with Crippen LogP contribution in [-0.4, -0.2) is 38.9 Å². The van der Waals surface area contributed by atoms with E-state index < -0.39 is 10.0 Å². The lowest BCUT2D eigenvalue weighted by molar-refractivity contribution is 0.0744. The molecule has 35 heavy (non-hydrogen) atoms. The summed E-state index contributed by atoms with van der Waals surface area (Å²) in [6.07, 6.45) is 6.54. The number of amides is 1. The number of nitrogens with one attached hydrogen (secondary N) is 1. The van der Waals surface area contributed by atoms with Crippen LogP contribution in [-0.2, 0) is 23.0 Å². The van der Waals surface area contributed by atoms with Crippen LogP contribution in [0.3, 0.4) is 0 Å². The predicted molar refractivity (Wildman–Crippen MR) is 140 cm³/mol. The number of sulfonamides is 1. The zero-order valence-electron chi connectivity index (χ0n) is 19.4. The van der Waals surface area contributed by atoms with Gasteiger partial charge in [-0.3, -0.25) is 4.79 Å². The highest BCUT2D eigenvalue weighted by atomic mass is 35.5. The third-order valence-corrected chi connectivity index (χ3v) is 7.50. The van der Waals surface area contributed by atoms with Gasteiger partial charge in [0.1, 0.15) is 5.75 Å². The molecule has 0 bridgehead atoms. The first-order chi connectivity index (χ1) is 16.8. The topological polar surface area (TPSA) is 75.7 Å². The van der Waals surface area contributed by atoms with Crippen molar-refractivity contribution in [3.05, 3.63) is 81.0 Å². The van der Waals surface area contributed by atoms with Gasteiger partial charge in [0.25, 0.3) is 5.91 Å². The SMILES string of the molecule is C#CCNS(=O)(=O)c1ccc(CCN(Cc2cc(Cl)ccc2OCCC)C(=O)c2ccsc2)cc1. The maximum atomic E-state index is 13.3. The first-order valence-electron chi connectivity index (χ1n) is 11.1. The van der Waals surface area contributed by atoms with E-state index in [1.807, 2.05) is 29.8 Å². The van der Waals surface area contributed by atoms with Gasteiger partial charge in [0, 0.05) is 29.1 Å². The minimum Gasteiger partial charge on any atom is -0.493 e. The lowest BCUT2D eigenvalue weighted by Gasteiger charge is -2.24. The summed E-state index contributed by atoms with van der Waals surface area (Å²) in [5, 5.41) is 4.26. The van der Waals surface area contributed by atoms with Crippen molar-refractivity contribution in [2.45, 2.75) is 31.2 Å². The molecular formula is C26H27ClN2O4S2. The number of hydrogen-bond donors (Lipinski definition) is 1. The molecule has 0 saturated carbocycles. The first-order valence-corrected chi connectivity index (χ1v) is 13.9. The number of benzene rings is 2. The summed E-state index contributed by atoms with van der Waals surface area (Å²) in [7, 11) is -3.65. The molecule has 0 unspecified atom stereocenters. The second-order valence-corrected chi connectivity index (χ2v) is 10.7. The number of rotatable bonds is 12. The van der Waals surface area contributed by atoms with E-state index in [-0.39, 0.29) is 17.3 Å². The molecule has 1 heterocycles. The molecule has 2 aromatic carbocycles. The van der Waals surface area contributed by atoms with E-state index in [4.69, 9.17) is 22.8 Å². The normalized spacial score (nSPS) is 11.1. The molecule has 0 aliphatic rings. The molecule has 1 N–H and O–H groups in total. The molecule has 0 aliphatic carbocycles. The van der Waals surface area contributed by atoms with Gasteiger partial charge in [-0.25, -0.2) is 8.42 Å². The molecule has 9 heteroatoms. The zero-order valence-corrected chi connectivity index (χ0v) is 21.8. The van der Waals surface area contributed by atoms with Gasteiger partial charge in [-0.2, -0.15) is 16.1 Å². The molecule has 6 nitrogen and oxygen atoms in total. The van der Waals surface area contributed by atoms with Crippen molar-refractivity contribution >= 4 is 38.9 Å². The number of hydrogen-bond acceptors (Lipinski definition) is 5. The van der Waals surface area contributed by atoms with Crippen molar-refractivity contribution in [2.24, 2.45) is 0 Å². The molecule has 0 saturated heterocycles. The highest BCUT2D eigenvalue weighted by Gasteiger charge is 2.19. The number of nitrogens with zero attached hydrogens (tertiary/aromatic N) is 1. The molecule has 184 valence electrons. The van der Waals surface area contributed by atoms with Gasteiger partial charge in [-0.15, -0.1) is 6.42 Å². The summed E-state index contributed by atoms with van der Waals surface area (Å²) in [5.41, 5.74) is 2.35. The van der Waals surface area contributed by atoms with Crippen LogP contribution < -0.4 is 9.46 Å². The van der Waals surface area contributed by atoms with Gasteiger partial charge in [0.05, 0.1) is 23.6 Å². The molecular weight excluding hydrogens is 504 g/mol. The molecule has 0 spiro atoms. The highest BCUT2D eigenvalue weighted by molar-refractivity contribution is 7.89. The van der Waals surface area contributed by atoms with Crippen LogP contribution in [0.5, 0.6) is 5.75 Å². The van der Waals surface area contributed by atoms with E-state index in [1.165, 1.54) is 23.5 Å². The van der Waals surface area contributed by atoms with E-state index in [0.717, 1.165) is 17.5 Å². The van der Waals surface area contributed by atoms with Crippen molar-refractivity contribution < 1.29 is 17.9 Å². The van der Waals surface area contributed by atoms with Gasteiger partial charge < -0.3 is 9.64 Å². The van der Waals surface area contributed by atoms with E-state index >= 15 is 0 Å². The average Bonchev–Trinajstić information content (AvgIpc) is 3.40. The number of carbonyl (C=O) groups excluding carboxylic acids is 1. The third kappa shape index (κ3) is 7.58. The minimum absolute atomic E-state index is 0.0722. The quantitative estimate of drug-likeness (QED) is 0.335. The van der Waals surface area contributed by atoms with Crippen molar-refractivity contribution in [1.82, 2.24) is 9.62 Å². The maximum Gasteiger partial charge on any atom is 0.255 e. The van der Waals surface area contributed by atoms with Crippen LogP contribution in [0.25, 0.3) is 0 Å². The fourth-order valence-electron chi connectivity index (χ4n) is 3.37. The van der Waals surface area contributed by atoms with Crippen LogP contribution in [0.1, 0.15) is 34.8 Å². The Morgan fingerprint density at radius 3 is 2.63 bits per heavy atom. The standard InChI is InChI=1S/C26H27ClN2O4S2/c1-3-13-28-35(31,32)24-8-5-20(6-9-24)11-14-29(26(30)21-12-16-34-19-21)18-22-17-23(27)7-10-25(22)33-15-4-2/h1,5-10,12,16-17,19,28H,4,11,13-15,18H2,2H3. The Balaban J connectivity index is 1.79. The summed E-state index contributed by atoms with van der Waals surface area (Å²) in [6, 6.07) is 13.8. The van der Waals surface area contributed by atoms with Gasteiger partial charge in [-0.1, -0.05) is 36.6 Å². The number of thiophene rings is 1. The summed E-state index contributed by atoms with van der Waals surface area (Å²) in [6.45, 7) is 3.28. The van der Waals surface area contributed by atoms with E-state index in [9.17, 15) is 13.2 Å². The minimum atomic E-state index is -3.65. The first kappa shape index (κ1) is 26.8. The largest absolute Gasteiger partial charge is 0.493 e.